The fraction of sp³-hybridized carbons (Fsp3) is 0.571. The largest absolute Gasteiger partial charge is 0.367 e. The average molecular weight is 245 g/mol. The Morgan fingerprint density at radius 3 is 2.78 bits per heavy atom. The van der Waals surface area contributed by atoms with E-state index in [0.29, 0.717) is 18.4 Å². The summed E-state index contributed by atoms with van der Waals surface area (Å²) in [6.07, 6.45) is 8.30. The molecule has 1 aliphatic rings. The molecular formula is C14H19N3O. The highest BCUT2D eigenvalue weighted by atomic mass is 16.2. The van der Waals surface area contributed by atoms with E-state index in [1.165, 1.54) is 0 Å². The third-order valence-electron chi connectivity index (χ3n) is 3.91. The summed E-state index contributed by atoms with van der Waals surface area (Å²) in [6, 6.07) is 4.37. The van der Waals surface area contributed by atoms with Crippen molar-refractivity contribution in [1.82, 2.24) is 9.88 Å². The predicted octanol–water partition coefficient (Wildman–Crippen LogP) is 2.56. The summed E-state index contributed by atoms with van der Waals surface area (Å²) >= 11 is 0. The second kappa shape index (κ2) is 5.72. The quantitative estimate of drug-likeness (QED) is 0.889. The Hall–Kier alpha value is -1.76. The smallest absolute Gasteiger partial charge is 0.255 e. The number of carbonyl (C=O) groups is 1. The highest BCUT2D eigenvalue weighted by molar-refractivity contribution is 5.94. The minimum atomic E-state index is 0.0833. The van der Waals surface area contributed by atoms with Crippen LogP contribution in [0.5, 0.6) is 0 Å². The first-order valence-electron chi connectivity index (χ1n) is 6.49. The van der Waals surface area contributed by atoms with Gasteiger partial charge < -0.3 is 9.88 Å². The molecule has 1 N–H and O–H groups in total. The van der Waals surface area contributed by atoms with E-state index in [4.69, 9.17) is 5.26 Å². The zero-order chi connectivity index (χ0) is 13.0. The van der Waals surface area contributed by atoms with E-state index < -0.39 is 0 Å². The Balaban J connectivity index is 1.90. The van der Waals surface area contributed by atoms with Gasteiger partial charge in [0.2, 0.25) is 0 Å². The van der Waals surface area contributed by atoms with Crippen LogP contribution in [0.1, 0.15) is 42.5 Å². The third-order valence-corrected chi connectivity index (χ3v) is 3.91. The topological polar surface area (TPSA) is 59.9 Å². The number of H-pyrrole nitrogens is 1. The summed E-state index contributed by atoms with van der Waals surface area (Å²) < 4.78 is 0. The normalized spacial score (nSPS) is 23.3. The highest BCUT2D eigenvalue weighted by Gasteiger charge is 2.26. The number of aromatic amines is 1. The molecule has 0 aliphatic heterocycles. The maximum Gasteiger partial charge on any atom is 0.255 e. The standard InChI is InChI=1S/C14H19N3O/c1-17(14(18)12-7-9-16-10-12)13-4-2-11(3-5-13)6-8-15/h7,9-11,13,16H,2-6H2,1H3. The van der Waals surface area contributed by atoms with Gasteiger partial charge in [0.1, 0.15) is 0 Å². The van der Waals surface area contributed by atoms with Crippen LogP contribution in [-0.2, 0) is 0 Å². The van der Waals surface area contributed by atoms with E-state index in [2.05, 4.69) is 11.1 Å². The summed E-state index contributed by atoms with van der Waals surface area (Å²) in [5, 5.41) is 8.69. The number of nitrogens with zero attached hydrogens (tertiary/aromatic N) is 2. The Kier molecular flexibility index (Phi) is 4.03. The summed E-state index contributed by atoms with van der Waals surface area (Å²) in [5.41, 5.74) is 0.719. The van der Waals surface area contributed by atoms with Gasteiger partial charge >= 0.3 is 0 Å². The molecule has 0 aromatic carbocycles. The maximum atomic E-state index is 12.2. The first-order chi connectivity index (χ1) is 8.72. The second-order valence-corrected chi connectivity index (χ2v) is 5.05. The lowest BCUT2D eigenvalue weighted by Crippen LogP contribution is -2.39. The Morgan fingerprint density at radius 2 is 2.22 bits per heavy atom. The number of amides is 1. The molecule has 4 nitrogen and oxygen atoms in total. The second-order valence-electron chi connectivity index (χ2n) is 5.05. The van der Waals surface area contributed by atoms with Crippen molar-refractivity contribution in [2.75, 3.05) is 7.05 Å². The van der Waals surface area contributed by atoms with Crippen LogP contribution < -0.4 is 0 Å². The number of nitrogens with one attached hydrogen (secondary N) is 1. The lowest BCUT2D eigenvalue weighted by Gasteiger charge is -2.34. The lowest BCUT2D eigenvalue weighted by molar-refractivity contribution is 0.0677. The minimum absolute atomic E-state index is 0.0833. The zero-order valence-corrected chi connectivity index (χ0v) is 10.7. The Morgan fingerprint density at radius 1 is 1.50 bits per heavy atom. The van der Waals surface area contributed by atoms with Crippen LogP contribution in [0.2, 0.25) is 0 Å². The van der Waals surface area contributed by atoms with Crippen LogP contribution in [0.3, 0.4) is 0 Å². The van der Waals surface area contributed by atoms with Crippen LogP contribution in [0.25, 0.3) is 0 Å². The molecule has 0 atom stereocenters. The Labute approximate surface area is 108 Å². The number of nitriles is 1. The van der Waals surface area contributed by atoms with Crippen molar-refractivity contribution < 1.29 is 4.79 Å². The van der Waals surface area contributed by atoms with Crippen molar-refractivity contribution in [3.8, 4) is 6.07 Å². The van der Waals surface area contributed by atoms with E-state index in [0.717, 1.165) is 31.2 Å². The fourth-order valence-corrected chi connectivity index (χ4v) is 2.69. The fourth-order valence-electron chi connectivity index (χ4n) is 2.69. The summed E-state index contributed by atoms with van der Waals surface area (Å²) in [4.78, 5) is 16.9. The van der Waals surface area contributed by atoms with Crippen molar-refractivity contribution in [3.05, 3.63) is 24.0 Å². The van der Waals surface area contributed by atoms with Gasteiger partial charge in [0, 0.05) is 31.9 Å². The molecule has 2 rings (SSSR count). The lowest BCUT2D eigenvalue weighted by atomic mass is 9.84. The van der Waals surface area contributed by atoms with Crippen LogP contribution >= 0.6 is 0 Å². The number of carbonyl (C=O) groups excluding carboxylic acids is 1. The average Bonchev–Trinajstić information content (AvgIpc) is 2.92. The molecule has 18 heavy (non-hydrogen) atoms. The monoisotopic (exact) mass is 245 g/mol. The summed E-state index contributed by atoms with van der Waals surface area (Å²) in [5.74, 6) is 0.613. The number of hydrogen-bond acceptors (Lipinski definition) is 2. The Bertz CT molecular complexity index is 424. The van der Waals surface area contributed by atoms with Crippen LogP contribution in [-0.4, -0.2) is 28.9 Å². The SMILES string of the molecule is CN(C(=O)c1cc[nH]c1)C1CCC(CC#N)CC1. The number of rotatable bonds is 3. The van der Waals surface area contributed by atoms with Crippen molar-refractivity contribution in [1.29, 1.82) is 5.26 Å². The molecule has 0 bridgehead atoms. The van der Waals surface area contributed by atoms with Gasteiger partial charge in [-0.05, 0) is 37.7 Å². The van der Waals surface area contributed by atoms with Crippen molar-refractivity contribution in [2.24, 2.45) is 5.92 Å². The molecule has 4 heteroatoms. The van der Waals surface area contributed by atoms with Crippen molar-refractivity contribution >= 4 is 5.91 Å². The predicted molar refractivity (Wildman–Crippen MR) is 68.9 cm³/mol. The van der Waals surface area contributed by atoms with E-state index in [1.54, 1.807) is 18.5 Å². The van der Waals surface area contributed by atoms with Gasteiger partial charge in [-0.2, -0.15) is 5.26 Å². The molecule has 96 valence electrons. The van der Waals surface area contributed by atoms with E-state index >= 15 is 0 Å². The van der Waals surface area contributed by atoms with E-state index in [9.17, 15) is 4.79 Å². The van der Waals surface area contributed by atoms with Gasteiger partial charge in [-0.15, -0.1) is 0 Å². The molecule has 1 aromatic rings. The molecule has 0 unspecified atom stereocenters. The van der Waals surface area contributed by atoms with Gasteiger partial charge in [0.05, 0.1) is 11.6 Å². The first-order valence-corrected chi connectivity index (χ1v) is 6.49. The van der Waals surface area contributed by atoms with Crippen LogP contribution in [0.15, 0.2) is 18.5 Å². The van der Waals surface area contributed by atoms with E-state index in [-0.39, 0.29) is 5.91 Å². The third kappa shape index (κ3) is 2.73. The summed E-state index contributed by atoms with van der Waals surface area (Å²) in [6.45, 7) is 0. The number of aromatic nitrogens is 1. The summed E-state index contributed by atoms with van der Waals surface area (Å²) in [7, 11) is 1.88. The molecule has 0 spiro atoms. The van der Waals surface area contributed by atoms with Gasteiger partial charge in [-0.3, -0.25) is 4.79 Å². The molecule has 0 radical (unpaired) electrons. The van der Waals surface area contributed by atoms with Gasteiger partial charge in [0.25, 0.3) is 5.91 Å². The van der Waals surface area contributed by atoms with E-state index in [1.807, 2.05) is 11.9 Å². The molecular weight excluding hydrogens is 226 g/mol. The maximum absolute atomic E-state index is 12.2. The van der Waals surface area contributed by atoms with Crippen molar-refractivity contribution in [3.63, 3.8) is 0 Å². The molecule has 1 amide bonds. The van der Waals surface area contributed by atoms with Crippen LogP contribution in [0, 0.1) is 17.2 Å². The zero-order valence-electron chi connectivity index (χ0n) is 10.7. The molecule has 1 saturated carbocycles. The molecule has 1 heterocycles. The van der Waals surface area contributed by atoms with Crippen LogP contribution in [0.4, 0.5) is 0 Å². The number of hydrogen-bond donors (Lipinski definition) is 1. The molecule has 1 aromatic heterocycles. The molecule has 1 fully saturated rings. The van der Waals surface area contributed by atoms with Gasteiger partial charge in [-0.1, -0.05) is 0 Å². The van der Waals surface area contributed by atoms with Gasteiger partial charge in [0.15, 0.2) is 0 Å². The minimum Gasteiger partial charge on any atom is -0.367 e. The van der Waals surface area contributed by atoms with Gasteiger partial charge in [-0.25, -0.2) is 0 Å². The van der Waals surface area contributed by atoms with Crippen molar-refractivity contribution in [2.45, 2.75) is 38.1 Å². The molecule has 0 saturated heterocycles. The molecule has 1 aliphatic carbocycles. The highest BCUT2D eigenvalue weighted by Crippen LogP contribution is 2.29. The first kappa shape index (κ1) is 12.7.